The molecule has 1 heterocycles. The van der Waals surface area contributed by atoms with Crippen molar-refractivity contribution in [2.75, 3.05) is 5.32 Å². The van der Waals surface area contributed by atoms with Crippen LogP contribution in [-0.2, 0) is 0 Å². The summed E-state index contributed by atoms with van der Waals surface area (Å²) in [6, 6.07) is 12.8. The molecule has 0 aliphatic rings. The second kappa shape index (κ2) is 4.65. The Bertz CT molecular complexity index is 529. The van der Waals surface area contributed by atoms with E-state index in [4.69, 9.17) is 16.9 Å². The second-order valence-corrected chi connectivity index (χ2v) is 3.61. The Morgan fingerprint density at radius 1 is 1.12 bits per heavy atom. The molecule has 2 rings (SSSR count). The smallest absolute Gasteiger partial charge is 0.142 e. The standard InChI is InChI=1S/C12H8ClN3/c13-9-1-3-10(4-2-9)16-11-5-6-15-12(7-11)8-14/h1-7H,(H,15,16). The van der Waals surface area contributed by atoms with Crippen LogP contribution >= 0.6 is 11.6 Å². The average molecular weight is 230 g/mol. The molecular formula is C12H8ClN3. The fourth-order valence-corrected chi connectivity index (χ4v) is 1.40. The number of nitrogens with one attached hydrogen (secondary N) is 1. The molecule has 0 amide bonds. The summed E-state index contributed by atoms with van der Waals surface area (Å²) in [5, 5.41) is 12.6. The third-order valence-corrected chi connectivity index (χ3v) is 2.26. The molecule has 0 saturated heterocycles. The Balaban J connectivity index is 2.21. The van der Waals surface area contributed by atoms with E-state index < -0.39 is 0 Å². The van der Waals surface area contributed by atoms with E-state index in [0.717, 1.165) is 11.4 Å². The molecule has 1 aromatic carbocycles. The molecule has 3 nitrogen and oxygen atoms in total. The maximum absolute atomic E-state index is 8.71. The van der Waals surface area contributed by atoms with E-state index in [1.807, 2.05) is 18.2 Å². The number of nitrogens with zero attached hydrogens (tertiary/aromatic N) is 2. The summed E-state index contributed by atoms with van der Waals surface area (Å²) in [4.78, 5) is 3.89. The Hall–Kier alpha value is -2.05. The van der Waals surface area contributed by atoms with Crippen molar-refractivity contribution in [2.24, 2.45) is 0 Å². The van der Waals surface area contributed by atoms with E-state index in [0.29, 0.717) is 10.7 Å². The molecular weight excluding hydrogens is 222 g/mol. The van der Waals surface area contributed by atoms with Crippen molar-refractivity contribution in [2.45, 2.75) is 0 Å². The van der Waals surface area contributed by atoms with Crippen molar-refractivity contribution in [1.82, 2.24) is 4.98 Å². The molecule has 0 aliphatic carbocycles. The minimum absolute atomic E-state index is 0.388. The van der Waals surface area contributed by atoms with E-state index in [9.17, 15) is 0 Å². The summed E-state index contributed by atoms with van der Waals surface area (Å²) in [7, 11) is 0. The van der Waals surface area contributed by atoms with Gasteiger partial charge in [0.1, 0.15) is 11.8 Å². The third-order valence-electron chi connectivity index (χ3n) is 2.01. The van der Waals surface area contributed by atoms with Crippen LogP contribution in [0.1, 0.15) is 5.69 Å². The first-order chi connectivity index (χ1) is 7.78. The van der Waals surface area contributed by atoms with Crippen molar-refractivity contribution in [1.29, 1.82) is 5.26 Å². The van der Waals surface area contributed by atoms with Crippen LogP contribution in [0.25, 0.3) is 0 Å². The Morgan fingerprint density at radius 3 is 2.56 bits per heavy atom. The van der Waals surface area contributed by atoms with Crippen LogP contribution in [-0.4, -0.2) is 4.98 Å². The van der Waals surface area contributed by atoms with Crippen molar-refractivity contribution in [3.8, 4) is 6.07 Å². The zero-order valence-electron chi connectivity index (χ0n) is 8.31. The predicted octanol–water partition coefficient (Wildman–Crippen LogP) is 3.35. The number of nitriles is 1. The number of aromatic nitrogens is 1. The number of benzene rings is 1. The molecule has 2 aromatic rings. The van der Waals surface area contributed by atoms with Gasteiger partial charge in [-0.05, 0) is 36.4 Å². The topological polar surface area (TPSA) is 48.7 Å². The first-order valence-electron chi connectivity index (χ1n) is 4.67. The minimum Gasteiger partial charge on any atom is -0.355 e. The van der Waals surface area contributed by atoms with E-state index in [1.54, 1.807) is 30.5 Å². The highest BCUT2D eigenvalue weighted by Crippen LogP contribution is 2.18. The number of hydrogen-bond donors (Lipinski definition) is 1. The molecule has 0 aliphatic heterocycles. The van der Waals surface area contributed by atoms with Gasteiger partial charge >= 0.3 is 0 Å². The van der Waals surface area contributed by atoms with Crippen LogP contribution in [0.4, 0.5) is 11.4 Å². The highest BCUT2D eigenvalue weighted by molar-refractivity contribution is 6.30. The van der Waals surface area contributed by atoms with Crippen molar-refractivity contribution in [3.05, 3.63) is 53.3 Å². The maximum Gasteiger partial charge on any atom is 0.142 e. The number of pyridine rings is 1. The van der Waals surface area contributed by atoms with E-state index >= 15 is 0 Å². The lowest BCUT2D eigenvalue weighted by Gasteiger charge is -2.05. The average Bonchev–Trinajstić information content (AvgIpc) is 2.32. The molecule has 0 radical (unpaired) electrons. The van der Waals surface area contributed by atoms with Crippen LogP contribution in [0.2, 0.25) is 5.02 Å². The number of halogens is 1. The number of anilines is 2. The van der Waals surface area contributed by atoms with E-state index in [1.165, 1.54) is 0 Å². The minimum atomic E-state index is 0.388. The number of rotatable bonds is 2. The van der Waals surface area contributed by atoms with E-state index in [2.05, 4.69) is 10.3 Å². The predicted molar refractivity (Wildman–Crippen MR) is 63.7 cm³/mol. The van der Waals surface area contributed by atoms with Crippen LogP contribution < -0.4 is 5.32 Å². The van der Waals surface area contributed by atoms with Gasteiger partial charge < -0.3 is 5.32 Å². The van der Waals surface area contributed by atoms with Crippen LogP contribution in [0.15, 0.2) is 42.6 Å². The molecule has 4 heteroatoms. The monoisotopic (exact) mass is 229 g/mol. The Kier molecular flexibility index (Phi) is 3.04. The first kappa shape index (κ1) is 10.5. The van der Waals surface area contributed by atoms with Crippen LogP contribution in [0.5, 0.6) is 0 Å². The maximum atomic E-state index is 8.71. The summed E-state index contributed by atoms with van der Waals surface area (Å²) >= 11 is 5.78. The quantitative estimate of drug-likeness (QED) is 0.859. The molecule has 0 unspecified atom stereocenters. The lowest BCUT2D eigenvalue weighted by Crippen LogP contribution is -1.91. The molecule has 0 atom stereocenters. The van der Waals surface area contributed by atoms with Crippen molar-refractivity contribution in [3.63, 3.8) is 0 Å². The molecule has 0 bridgehead atoms. The van der Waals surface area contributed by atoms with Gasteiger partial charge in [-0.2, -0.15) is 5.26 Å². The summed E-state index contributed by atoms with van der Waals surface area (Å²) in [6.45, 7) is 0. The first-order valence-corrected chi connectivity index (χ1v) is 5.04. The number of hydrogen-bond acceptors (Lipinski definition) is 3. The fourth-order valence-electron chi connectivity index (χ4n) is 1.27. The van der Waals surface area contributed by atoms with Gasteiger partial charge in [-0.1, -0.05) is 11.6 Å². The van der Waals surface area contributed by atoms with E-state index in [-0.39, 0.29) is 0 Å². The summed E-state index contributed by atoms with van der Waals surface area (Å²) in [6.07, 6.45) is 1.59. The zero-order chi connectivity index (χ0) is 11.4. The lowest BCUT2D eigenvalue weighted by molar-refractivity contribution is 1.26. The third kappa shape index (κ3) is 2.50. The van der Waals surface area contributed by atoms with Gasteiger partial charge in [-0.25, -0.2) is 4.98 Å². The van der Waals surface area contributed by atoms with Gasteiger partial charge in [-0.3, -0.25) is 0 Å². The molecule has 16 heavy (non-hydrogen) atoms. The normalized spacial score (nSPS) is 9.50. The Labute approximate surface area is 98.3 Å². The van der Waals surface area contributed by atoms with Gasteiger partial charge in [0, 0.05) is 22.6 Å². The van der Waals surface area contributed by atoms with Crippen LogP contribution in [0.3, 0.4) is 0 Å². The largest absolute Gasteiger partial charge is 0.355 e. The zero-order valence-corrected chi connectivity index (χ0v) is 9.07. The van der Waals surface area contributed by atoms with Gasteiger partial charge in [0.2, 0.25) is 0 Å². The van der Waals surface area contributed by atoms with Gasteiger partial charge in [-0.15, -0.1) is 0 Å². The molecule has 78 valence electrons. The van der Waals surface area contributed by atoms with Gasteiger partial charge in [0.05, 0.1) is 0 Å². The molecule has 0 spiro atoms. The highest BCUT2D eigenvalue weighted by Gasteiger charge is 1.97. The highest BCUT2D eigenvalue weighted by atomic mass is 35.5. The summed E-state index contributed by atoms with van der Waals surface area (Å²) < 4.78 is 0. The molecule has 0 saturated carbocycles. The van der Waals surface area contributed by atoms with Crippen molar-refractivity contribution >= 4 is 23.0 Å². The van der Waals surface area contributed by atoms with Crippen LogP contribution in [0, 0.1) is 11.3 Å². The van der Waals surface area contributed by atoms with Crippen molar-refractivity contribution < 1.29 is 0 Å². The van der Waals surface area contributed by atoms with Gasteiger partial charge in [0.15, 0.2) is 0 Å². The summed E-state index contributed by atoms with van der Waals surface area (Å²) in [5.41, 5.74) is 2.13. The Morgan fingerprint density at radius 2 is 1.88 bits per heavy atom. The second-order valence-electron chi connectivity index (χ2n) is 3.17. The molecule has 1 N–H and O–H groups in total. The lowest BCUT2D eigenvalue weighted by atomic mass is 10.3. The SMILES string of the molecule is N#Cc1cc(Nc2ccc(Cl)cc2)ccn1. The fraction of sp³-hybridized carbons (Fsp3) is 0. The molecule has 0 fully saturated rings. The summed E-state index contributed by atoms with van der Waals surface area (Å²) in [5.74, 6) is 0. The van der Waals surface area contributed by atoms with Gasteiger partial charge in [0.25, 0.3) is 0 Å². The molecule has 1 aromatic heterocycles.